The normalized spacial score (nSPS) is 16.8. The summed E-state index contributed by atoms with van der Waals surface area (Å²) in [5.74, 6) is -1.14. The van der Waals surface area contributed by atoms with E-state index in [1.807, 2.05) is 6.92 Å². The van der Waals surface area contributed by atoms with Crippen LogP contribution in [0.1, 0.15) is 48.5 Å². The molecule has 8 nitrogen and oxygen atoms in total. The maximum Gasteiger partial charge on any atom is 0.256 e. The van der Waals surface area contributed by atoms with Gasteiger partial charge in [0.2, 0.25) is 5.95 Å². The van der Waals surface area contributed by atoms with E-state index in [0.717, 1.165) is 54.1 Å². The van der Waals surface area contributed by atoms with Crippen molar-refractivity contribution in [2.45, 2.75) is 45.6 Å². The molecule has 236 valence electrons. The lowest BCUT2D eigenvalue weighted by atomic mass is 9.95. The minimum absolute atomic E-state index is 0.0605. The maximum absolute atomic E-state index is 15.1. The van der Waals surface area contributed by atoms with Gasteiger partial charge in [-0.2, -0.15) is 4.98 Å². The Morgan fingerprint density at radius 2 is 1.67 bits per heavy atom. The monoisotopic (exact) mass is 618 g/mol. The van der Waals surface area contributed by atoms with Gasteiger partial charge in [0.1, 0.15) is 24.0 Å². The van der Waals surface area contributed by atoms with E-state index in [4.69, 9.17) is 9.97 Å². The lowest BCUT2D eigenvalue weighted by Crippen LogP contribution is -2.48. The van der Waals surface area contributed by atoms with Crippen LogP contribution in [0.4, 0.5) is 19.1 Å². The Kier molecular flexibility index (Phi) is 8.89. The molecular formula is C34H37F3N6O2. The van der Waals surface area contributed by atoms with Crippen LogP contribution in [0, 0.1) is 24.5 Å². The van der Waals surface area contributed by atoms with Gasteiger partial charge in [0.15, 0.2) is 5.65 Å². The van der Waals surface area contributed by atoms with Crippen molar-refractivity contribution in [1.29, 1.82) is 0 Å². The van der Waals surface area contributed by atoms with Crippen molar-refractivity contribution in [3.63, 3.8) is 0 Å². The van der Waals surface area contributed by atoms with Crippen LogP contribution >= 0.6 is 0 Å². The molecule has 2 aliphatic rings. The van der Waals surface area contributed by atoms with Gasteiger partial charge in [-0.05, 0) is 87.5 Å². The summed E-state index contributed by atoms with van der Waals surface area (Å²) >= 11 is 0. The van der Waals surface area contributed by atoms with Crippen molar-refractivity contribution in [2.24, 2.45) is 5.92 Å². The Hall–Kier alpha value is -4.25. The molecule has 0 radical (unpaired) electrons. The number of likely N-dealkylation sites (tertiary alicyclic amines) is 1. The molecule has 1 N–H and O–H groups in total. The van der Waals surface area contributed by atoms with Gasteiger partial charge >= 0.3 is 0 Å². The van der Waals surface area contributed by atoms with Crippen molar-refractivity contribution in [3.05, 3.63) is 81.6 Å². The Balaban J connectivity index is 1.48. The highest BCUT2D eigenvalue weighted by Gasteiger charge is 2.29. The van der Waals surface area contributed by atoms with Gasteiger partial charge in [-0.15, -0.1) is 0 Å². The van der Waals surface area contributed by atoms with Gasteiger partial charge in [0, 0.05) is 48.3 Å². The summed E-state index contributed by atoms with van der Waals surface area (Å²) in [6.45, 7) is 6.90. The van der Waals surface area contributed by atoms with Crippen LogP contribution in [0.25, 0.3) is 28.0 Å². The number of nitrogens with zero attached hydrogens (tertiary/aromatic N) is 5. The number of fused-ring (bicyclic) bond motifs is 1. The summed E-state index contributed by atoms with van der Waals surface area (Å²) in [6.07, 6.45) is 4.23. The SMILES string of the molecule is Cc1ccc(C(=O)NCCF)cc1-c1nc(N2CCC(N3CCC(C)CC3)CC2)nc2c1ccc(=O)n2-c1c(F)cccc1F. The molecule has 0 atom stereocenters. The Morgan fingerprint density at radius 3 is 2.36 bits per heavy atom. The molecule has 0 unspecified atom stereocenters. The van der Waals surface area contributed by atoms with Crippen LogP contribution in [-0.4, -0.2) is 70.8 Å². The molecule has 6 rings (SSSR count). The van der Waals surface area contributed by atoms with Crippen molar-refractivity contribution in [2.75, 3.05) is 44.3 Å². The third kappa shape index (κ3) is 6.18. The third-order valence-electron chi connectivity index (χ3n) is 9.12. The van der Waals surface area contributed by atoms with Crippen molar-refractivity contribution >= 4 is 22.9 Å². The van der Waals surface area contributed by atoms with Crippen molar-refractivity contribution < 1.29 is 18.0 Å². The second kappa shape index (κ2) is 13.0. The summed E-state index contributed by atoms with van der Waals surface area (Å²) in [7, 11) is 0. The molecule has 2 saturated heterocycles. The number of pyridine rings is 1. The van der Waals surface area contributed by atoms with E-state index in [1.54, 1.807) is 24.3 Å². The van der Waals surface area contributed by atoms with Crippen LogP contribution in [0.2, 0.25) is 0 Å². The van der Waals surface area contributed by atoms with Gasteiger partial charge in [-0.3, -0.25) is 14.2 Å². The fourth-order valence-electron chi connectivity index (χ4n) is 6.47. The van der Waals surface area contributed by atoms with E-state index in [0.29, 0.717) is 47.3 Å². The number of halogens is 3. The fourth-order valence-corrected chi connectivity index (χ4v) is 6.47. The fraction of sp³-hybridized carbons (Fsp3) is 0.412. The Bertz CT molecular complexity index is 1760. The summed E-state index contributed by atoms with van der Waals surface area (Å²) in [5.41, 5.74) is 1.01. The first kappa shape index (κ1) is 30.8. The van der Waals surface area contributed by atoms with E-state index in [2.05, 4.69) is 22.0 Å². The second-order valence-electron chi connectivity index (χ2n) is 12.1. The molecule has 2 aromatic heterocycles. The molecule has 45 heavy (non-hydrogen) atoms. The Morgan fingerprint density at radius 1 is 0.956 bits per heavy atom. The largest absolute Gasteiger partial charge is 0.349 e. The Labute approximate surface area is 259 Å². The molecule has 0 bridgehead atoms. The number of hydrogen-bond donors (Lipinski definition) is 1. The van der Waals surface area contributed by atoms with Crippen LogP contribution in [0.5, 0.6) is 0 Å². The number of rotatable bonds is 7. The molecule has 0 saturated carbocycles. The third-order valence-corrected chi connectivity index (χ3v) is 9.12. The van der Waals surface area contributed by atoms with E-state index >= 15 is 8.78 Å². The second-order valence-corrected chi connectivity index (χ2v) is 12.1. The first-order valence-electron chi connectivity index (χ1n) is 15.6. The molecule has 0 spiro atoms. The number of aromatic nitrogens is 3. The van der Waals surface area contributed by atoms with Crippen LogP contribution in [-0.2, 0) is 0 Å². The average molecular weight is 619 g/mol. The number of anilines is 1. The van der Waals surface area contributed by atoms with Gasteiger partial charge in [-0.25, -0.2) is 18.2 Å². The number of para-hydroxylation sites is 1. The number of carbonyl (C=O) groups is 1. The first-order chi connectivity index (χ1) is 21.7. The zero-order chi connectivity index (χ0) is 31.7. The summed E-state index contributed by atoms with van der Waals surface area (Å²) in [5, 5.41) is 2.93. The number of benzene rings is 2. The molecule has 2 aliphatic heterocycles. The zero-order valence-corrected chi connectivity index (χ0v) is 25.5. The average Bonchev–Trinajstić information content (AvgIpc) is 3.04. The highest BCUT2D eigenvalue weighted by molar-refractivity contribution is 5.98. The number of aryl methyl sites for hydroxylation is 1. The summed E-state index contributed by atoms with van der Waals surface area (Å²) in [4.78, 5) is 40.5. The zero-order valence-electron chi connectivity index (χ0n) is 25.5. The molecule has 11 heteroatoms. The quantitative estimate of drug-likeness (QED) is 0.297. The lowest BCUT2D eigenvalue weighted by Gasteiger charge is -2.41. The van der Waals surface area contributed by atoms with Crippen LogP contribution in [0.15, 0.2) is 53.3 Å². The minimum Gasteiger partial charge on any atom is -0.349 e. The van der Waals surface area contributed by atoms with Gasteiger partial charge in [0.05, 0.1) is 5.69 Å². The lowest BCUT2D eigenvalue weighted by molar-refractivity contribution is 0.0951. The van der Waals surface area contributed by atoms with Crippen molar-refractivity contribution in [3.8, 4) is 16.9 Å². The number of piperidine rings is 2. The topological polar surface area (TPSA) is 83.4 Å². The summed E-state index contributed by atoms with van der Waals surface area (Å²) < 4.78 is 44.0. The number of alkyl halides is 1. The first-order valence-corrected chi connectivity index (χ1v) is 15.6. The smallest absolute Gasteiger partial charge is 0.256 e. The van der Waals surface area contributed by atoms with Gasteiger partial charge in [0.25, 0.3) is 11.5 Å². The van der Waals surface area contributed by atoms with Gasteiger partial charge in [-0.1, -0.05) is 19.1 Å². The molecule has 1 amide bonds. The van der Waals surface area contributed by atoms with E-state index < -0.39 is 35.5 Å². The van der Waals surface area contributed by atoms with Crippen LogP contribution in [0.3, 0.4) is 0 Å². The predicted octanol–water partition coefficient (Wildman–Crippen LogP) is 5.43. The molecule has 0 aliphatic carbocycles. The van der Waals surface area contributed by atoms with E-state index in [9.17, 15) is 14.0 Å². The molecule has 2 fully saturated rings. The molecule has 2 aromatic carbocycles. The minimum atomic E-state index is -0.898. The van der Waals surface area contributed by atoms with Crippen molar-refractivity contribution in [1.82, 2.24) is 24.8 Å². The van der Waals surface area contributed by atoms with E-state index in [1.165, 1.54) is 25.0 Å². The molecular weight excluding hydrogens is 581 g/mol. The van der Waals surface area contributed by atoms with Gasteiger partial charge < -0.3 is 15.1 Å². The number of amides is 1. The number of hydrogen-bond acceptors (Lipinski definition) is 6. The summed E-state index contributed by atoms with van der Waals surface area (Å²) in [6, 6.07) is 11.8. The van der Waals surface area contributed by atoms with E-state index in [-0.39, 0.29) is 12.2 Å². The highest BCUT2D eigenvalue weighted by atomic mass is 19.1. The number of nitrogens with one attached hydrogen (secondary N) is 1. The molecule has 4 aromatic rings. The van der Waals surface area contributed by atoms with Crippen LogP contribution < -0.4 is 15.8 Å². The maximum atomic E-state index is 15.1. The number of carbonyl (C=O) groups excluding carboxylic acids is 1. The predicted molar refractivity (Wildman–Crippen MR) is 169 cm³/mol. The molecule has 4 heterocycles. The standard InChI is InChI=1S/C34H37F3N6O2/c1-21-10-16-41(17-11-21)24-12-18-42(19-13-24)34-39-30(26-20-23(7-6-22(26)2)33(45)38-15-14-35)25-8-9-29(44)43(32(25)40-34)31-27(36)4-3-5-28(31)37/h3-9,20-21,24H,10-19H2,1-2H3,(H,38,45). The highest BCUT2D eigenvalue weighted by Crippen LogP contribution is 2.33.